The first-order chi connectivity index (χ1) is 6.65. The van der Waals surface area contributed by atoms with E-state index in [1.165, 1.54) is 12.0 Å². The van der Waals surface area contributed by atoms with E-state index in [0.29, 0.717) is 0 Å². The van der Waals surface area contributed by atoms with Gasteiger partial charge in [-0.25, -0.2) is 0 Å². The Morgan fingerprint density at radius 2 is 1.50 bits per heavy atom. The van der Waals surface area contributed by atoms with Gasteiger partial charge in [-0.2, -0.15) is 0 Å². The Bertz CT molecular complexity index is 259. The minimum atomic E-state index is 0.132. The predicted molar refractivity (Wildman–Crippen MR) is 61.8 cm³/mol. The van der Waals surface area contributed by atoms with Crippen LogP contribution in [0, 0.1) is 0 Å². The van der Waals surface area contributed by atoms with E-state index in [9.17, 15) is 4.79 Å². The van der Waals surface area contributed by atoms with Crippen LogP contribution < -0.4 is 0 Å². The fourth-order valence-corrected chi connectivity index (χ4v) is 0.975. The molecule has 0 aromatic heterocycles. The summed E-state index contributed by atoms with van der Waals surface area (Å²) in [5.74, 6) is 0.132. The molecule has 0 amide bonds. The van der Waals surface area contributed by atoms with Gasteiger partial charge in [0, 0.05) is 5.56 Å². The number of aryl methyl sites for hydroxylation is 1. The zero-order chi connectivity index (χ0) is 11.0. The summed E-state index contributed by atoms with van der Waals surface area (Å²) in [5.41, 5.74) is 2.07. The molecule has 0 aliphatic carbocycles. The second-order valence-electron chi connectivity index (χ2n) is 3.31. The van der Waals surface area contributed by atoms with Crippen LogP contribution in [-0.4, -0.2) is 5.78 Å². The summed E-state index contributed by atoms with van der Waals surface area (Å²) in [7, 11) is 0. The van der Waals surface area contributed by atoms with Crippen LogP contribution in [0.4, 0.5) is 0 Å². The van der Waals surface area contributed by atoms with Crippen molar-refractivity contribution in [3.05, 3.63) is 35.4 Å². The average Bonchev–Trinajstić information content (AvgIpc) is 2.19. The Balaban J connectivity index is 0.000000500. The lowest BCUT2D eigenvalue weighted by atomic mass is 10.1. The molecule has 0 unspecified atom stereocenters. The molecule has 1 heteroatoms. The van der Waals surface area contributed by atoms with Crippen LogP contribution in [-0.2, 0) is 6.42 Å². The molecule has 0 spiro atoms. The molecule has 0 atom stereocenters. The molecule has 0 saturated heterocycles. The summed E-state index contributed by atoms with van der Waals surface area (Å²) in [6.45, 7) is 7.93. The van der Waals surface area contributed by atoms with E-state index >= 15 is 0 Å². The summed E-state index contributed by atoms with van der Waals surface area (Å²) < 4.78 is 0. The van der Waals surface area contributed by atoms with E-state index in [1.54, 1.807) is 6.92 Å². The van der Waals surface area contributed by atoms with Gasteiger partial charge in [0.05, 0.1) is 0 Å². The third-order valence-corrected chi connectivity index (χ3v) is 1.77. The SMILES string of the molecule is CCC.CCc1ccc(C(C)=O)cc1. The van der Waals surface area contributed by atoms with E-state index in [-0.39, 0.29) is 5.78 Å². The lowest BCUT2D eigenvalue weighted by Gasteiger charge is -1.97. The number of carbonyl (C=O) groups excluding carboxylic acids is 1. The van der Waals surface area contributed by atoms with Crippen LogP contribution in [0.25, 0.3) is 0 Å². The number of rotatable bonds is 2. The summed E-state index contributed by atoms with van der Waals surface area (Å²) in [6, 6.07) is 7.75. The Labute approximate surface area is 87.2 Å². The van der Waals surface area contributed by atoms with Crippen molar-refractivity contribution in [2.75, 3.05) is 0 Å². The molecule has 0 bridgehead atoms. The molecule has 0 fully saturated rings. The maximum atomic E-state index is 10.8. The summed E-state index contributed by atoms with van der Waals surface area (Å²) >= 11 is 0. The Hall–Kier alpha value is -1.11. The molecule has 1 aromatic rings. The standard InChI is InChI=1S/C10H12O.C3H8/c1-3-9-4-6-10(7-5-9)8(2)11;1-3-2/h4-7H,3H2,1-2H3;3H2,1-2H3. The number of benzene rings is 1. The molecular weight excluding hydrogens is 172 g/mol. The van der Waals surface area contributed by atoms with Crippen LogP contribution in [0.5, 0.6) is 0 Å². The number of carbonyl (C=O) groups is 1. The Morgan fingerprint density at radius 3 is 1.79 bits per heavy atom. The van der Waals surface area contributed by atoms with E-state index < -0.39 is 0 Å². The third kappa shape index (κ3) is 4.80. The van der Waals surface area contributed by atoms with Gasteiger partial charge >= 0.3 is 0 Å². The molecule has 0 saturated carbocycles. The minimum absolute atomic E-state index is 0.132. The summed E-state index contributed by atoms with van der Waals surface area (Å²) in [6.07, 6.45) is 2.28. The maximum Gasteiger partial charge on any atom is 0.159 e. The van der Waals surface area contributed by atoms with Crippen LogP contribution in [0.15, 0.2) is 24.3 Å². The molecule has 0 radical (unpaired) electrons. The number of hydrogen-bond donors (Lipinski definition) is 0. The molecule has 14 heavy (non-hydrogen) atoms. The average molecular weight is 192 g/mol. The highest BCUT2D eigenvalue weighted by atomic mass is 16.1. The van der Waals surface area contributed by atoms with E-state index in [4.69, 9.17) is 0 Å². The fraction of sp³-hybridized carbons (Fsp3) is 0.462. The topological polar surface area (TPSA) is 17.1 Å². The zero-order valence-corrected chi connectivity index (χ0v) is 9.63. The highest BCUT2D eigenvalue weighted by molar-refractivity contribution is 5.93. The summed E-state index contributed by atoms with van der Waals surface area (Å²) in [4.78, 5) is 10.8. The normalized spacial score (nSPS) is 8.86. The first kappa shape index (κ1) is 12.9. The van der Waals surface area contributed by atoms with Crippen molar-refractivity contribution in [2.24, 2.45) is 0 Å². The zero-order valence-electron chi connectivity index (χ0n) is 9.63. The largest absolute Gasteiger partial charge is 0.295 e. The molecular formula is C13H20O. The van der Waals surface area contributed by atoms with Gasteiger partial charge in [-0.05, 0) is 18.9 Å². The van der Waals surface area contributed by atoms with Crippen molar-refractivity contribution < 1.29 is 4.79 Å². The van der Waals surface area contributed by atoms with Crippen LogP contribution in [0.1, 0.15) is 50.0 Å². The smallest absolute Gasteiger partial charge is 0.159 e. The van der Waals surface area contributed by atoms with Gasteiger partial charge < -0.3 is 0 Å². The predicted octanol–water partition coefficient (Wildman–Crippen LogP) is 3.87. The van der Waals surface area contributed by atoms with E-state index in [2.05, 4.69) is 20.8 Å². The van der Waals surface area contributed by atoms with Gasteiger partial charge in [0.15, 0.2) is 5.78 Å². The second kappa shape index (κ2) is 7.31. The second-order valence-corrected chi connectivity index (χ2v) is 3.31. The van der Waals surface area contributed by atoms with Crippen molar-refractivity contribution >= 4 is 5.78 Å². The Kier molecular flexibility index (Phi) is 6.73. The van der Waals surface area contributed by atoms with Crippen molar-refractivity contribution in [1.29, 1.82) is 0 Å². The molecule has 1 rings (SSSR count). The van der Waals surface area contributed by atoms with Crippen molar-refractivity contribution in [2.45, 2.75) is 40.5 Å². The molecule has 0 aliphatic heterocycles. The Morgan fingerprint density at radius 1 is 1.07 bits per heavy atom. The highest BCUT2D eigenvalue weighted by Crippen LogP contribution is 2.04. The van der Waals surface area contributed by atoms with Crippen molar-refractivity contribution in [3.63, 3.8) is 0 Å². The lowest BCUT2D eigenvalue weighted by molar-refractivity contribution is 0.101. The van der Waals surface area contributed by atoms with E-state index in [0.717, 1.165) is 12.0 Å². The molecule has 0 aliphatic rings. The molecule has 78 valence electrons. The van der Waals surface area contributed by atoms with Crippen LogP contribution >= 0.6 is 0 Å². The van der Waals surface area contributed by atoms with E-state index in [1.807, 2.05) is 24.3 Å². The number of hydrogen-bond acceptors (Lipinski definition) is 1. The van der Waals surface area contributed by atoms with Crippen molar-refractivity contribution in [3.8, 4) is 0 Å². The molecule has 0 heterocycles. The molecule has 1 nitrogen and oxygen atoms in total. The number of Topliss-reactive ketones (excluding diaryl/α,β-unsaturated/α-hetero) is 1. The van der Waals surface area contributed by atoms with Crippen molar-refractivity contribution in [1.82, 2.24) is 0 Å². The summed E-state index contributed by atoms with van der Waals surface area (Å²) in [5, 5.41) is 0. The number of ketones is 1. The molecule has 0 N–H and O–H groups in total. The van der Waals surface area contributed by atoms with Gasteiger partial charge in [0.1, 0.15) is 0 Å². The lowest BCUT2D eigenvalue weighted by Crippen LogP contribution is -1.91. The first-order valence-corrected chi connectivity index (χ1v) is 5.25. The minimum Gasteiger partial charge on any atom is -0.295 e. The molecule has 1 aromatic carbocycles. The first-order valence-electron chi connectivity index (χ1n) is 5.25. The van der Waals surface area contributed by atoms with Gasteiger partial charge in [-0.3, -0.25) is 4.79 Å². The van der Waals surface area contributed by atoms with Crippen LogP contribution in [0.3, 0.4) is 0 Å². The highest BCUT2D eigenvalue weighted by Gasteiger charge is 1.96. The monoisotopic (exact) mass is 192 g/mol. The van der Waals surface area contributed by atoms with Gasteiger partial charge in [-0.1, -0.05) is 51.5 Å². The fourth-order valence-electron chi connectivity index (χ4n) is 0.975. The van der Waals surface area contributed by atoms with Crippen LogP contribution in [0.2, 0.25) is 0 Å². The van der Waals surface area contributed by atoms with Gasteiger partial charge in [0.25, 0.3) is 0 Å². The quantitative estimate of drug-likeness (QED) is 0.650. The third-order valence-electron chi connectivity index (χ3n) is 1.77. The maximum absolute atomic E-state index is 10.8. The van der Waals surface area contributed by atoms with Gasteiger partial charge in [-0.15, -0.1) is 0 Å². The van der Waals surface area contributed by atoms with Gasteiger partial charge in [0.2, 0.25) is 0 Å².